The molecule has 1 saturated carbocycles. The van der Waals surface area contributed by atoms with Gasteiger partial charge in [0.05, 0.1) is 0 Å². The van der Waals surface area contributed by atoms with Crippen LogP contribution in [0, 0.1) is 5.92 Å². The normalized spacial score (nSPS) is 18.2. The molecule has 1 fully saturated rings. The summed E-state index contributed by atoms with van der Waals surface area (Å²) in [6.45, 7) is 5.35. The van der Waals surface area contributed by atoms with Crippen LogP contribution in [0.3, 0.4) is 0 Å². The zero-order chi connectivity index (χ0) is 10.4. The van der Waals surface area contributed by atoms with Gasteiger partial charge in [0.15, 0.2) is 5.11 Å². The topological polar surface area (TPSA) is 24.1 Å². The third kappa shape index (κ3) is 4.80. The summed E-state index contributed by atoms with van der Waals surface area (Å²) in [5.41, 5.74) is 0. The largest absolute Gasteiger partial charge is 0.362 e. The second-order valence-corrected chi connectivity index (χ2v) is 4.99. The predicted molar refractivity (Wildman–Crippen MR) is 65.4 cm³/mol. The molecule has 2 nitrogen and oxygen atoms in total. The van der Waals surface area contributed by atoms with Crippen LogP contribution in [0.5, 0.6) is 0 Å². The summed E-state index contributed by atoms with van der Waals surface area (Å²) < 4.78 is 0. The molecule has 1 aliphatic carbocycles. The minimum absolute atomic E-state index is 0.621. The second kappa shape index (κ2) is 6.23. The van der Waals surface area contributed by atoms with Gasteiger partial charge in [-0.25, -0.2) is 0 Å². The summed E-state index contributed by atoms with van der Waals surface area (Å²) in [5, 5.41) is 7.48. The number of thiocarbonyl (C=S) groups is 1. The number of rotatable bonds is 3. The zero-order valence-corrected chi connectivity index (χ0v) is 10.1. The lowest BCUT2D eigenvalue weighted by atomic mass is 9.96. The van der Waals surface area contributed by atoms with E-state index in [0.29, 0.717) is 12.0 Å². The Kier molecular flexibility index (Phi) is 5.23. The van der Waals surface area contributed by atoms with Crippen LogP contribution >= 0.6 is 12.2 Å². The van der Waals surface area contributed by atoms with Gasteiger partial charge in [-0.1, -0.05) is 33.1 Å². The van der Waals surface area contributed by atoms with Crippen LogP contribution in [-0.2, 0) is 0 Å². The first-order valence-electron chi connectivity index (χ1n) is 5.73. The molecule has 0 aromatic heterocycles. The van der Waals surface area contributed by atoms with Gasteiger partial charge in [0, 0.05) is 12.6 Å². The van der Waals surface area contributed by atoms with Crippen molar-refractivity contribution in [3.63, 3.8) is 0 Å². The first kappa shape index (κ1) is 11.8. The highest BCUT2D eigenvalue weighted by Gasteiger charge is 2.13. The molecule has 0 aromatic rings. The number of hydrogen-bond acceptors (Lipinski definition) is 1. The van der Waals surface area contributed by atoms with E-state index in [9.17, 15) is 0 Å². The van der Waals surface area contributed by atoms with E-state index in [-0.39, 0.29) is 0 Å². The summed E-state index contributed by atoms with van der Waals surface area (Å²) in [7, 11) is 0. The average Bonchev–Trinajstić information content (AvgIpc) is 2.16. The minimum atomic E-state index is 0.621. The second-order valence-electron chi connectivity index (χ2n) is 4.58. The summed E-state index contributed by atoms with van der Waals surface area (Å²) in [6.07, 6.45) is 6.66. The highest BCUT2D eigenvalue weighted by atomic mass is 32.1. The monoisotopic (exact) mass is 214 g/mol. The molecular formula is C11H22N2S. The fraction of sp³-hybridized carbons (Fsp3) is 0.909. The fourth-order valence-corrected chi connectivity index (χ4v) is 2.03. The Hall–Kier alpha value is -0.310. The van der Waals surface area contributed by atoms with Gasteiger partial charge in [0.2, 0.25) is 0 Å². The molecule has 0 spiro atoms. The Morgan fingerprint density at radius 1 is 1.29 bits per heavy atom. The van der Waals surface area contributed by atoms with Gasteiger partial charge < -0.3 is 10.6 Å². The molecule has 0 saturated heterocycles. The molecule has 0 aliphatic heterocycles. The Balaban J connectivity index is 2.12. The summed E-state index contributed by atoms with van der Waals surface area (Å²) >= 11 is 5.23. The third-order valence-electron chi connectivity index (χ3n) is 2.61. The van der Waals surface area contributed by atoms with E-state index < -0.39 is 0 Å². The first-order valence-corrected chi connectivity index (χ1v) is 6.13. The van der Waals surface area contributed by atoms with Crippen LogP contribution in [0.25, 0.3) is 0 Å². The molecule has 0 heterocycles. The highest BCUT2D eigenvalue weighted by Crippen LogP contribution is 2.17. The van der Waals surface area contributed by atoms with Crippen molar-refractivity contribution in [1.82, 2.24) is 10.6 Å². The quantitative estimate of drug-likeness (QED) is 0.706. The average molecular weight is 214 g/mol. The summed E-state index contributed by atoms with van der Waals surface area (Å²) in [4.78, 5) is 0. The molecule has 82 valence electrons. The molecule has 1 rings (SSSR count). The number of nitrogens with one attached hydrogen (secondary N) is 2. The van der Waals surface area contributed by atoms with Gasteiger partial charge in [-0.3, -0.25) is 0 Å². The van der Waals surface area contributed by atoms with E-state index in [1.807, 2.05) is 0 Å². The lowest BCUT2D eigenvalue weighted by Gasteiger charge is -2.24. The van der Waals surface area contributed by atoms with E-state index >= 15 is 0 Å². The van der Waals surface area contributed by atoms with Gasteiger partial charge in [-0.2, -0.15) is 0 Å². The van der Waals surface area contributed by atoms with Crippen LogP contribution in [0.4, 0.5) is 0 Å². The lowest BCUT2D eigenvalue weighted by molar-refractivity contribution is 0.411. The van der Waals surface area contributed by atoms with Gasteiger partial charge in [-0.15, -0.1) is 0 Å². The van der Waals surface area contributed by atoms with Gasteiger partial charge in [0.1, 0.15) is 0 Å². The molecule has 14 heavy (non-hydrogen) atoms. The maximum Gasteiger partial charge on any atom is 0.166 e. The summed E-state index contributed by atoms with van der Waals surface area (Å²) in [6, 6.07) is 0.621. The first-order chi connectivity index (χ1) is 6.68. The van der Waals surface area contributed by atoms with Crippen molar-refractivity contribution in [2.75, 3.05) is 6.54 Å². The molecule has 0 amide bonds. The van der Waals surface area contributed by atoms with E-state index in [0.717, 1.165) is 11.7 Å². The van der Waals surface area contributed by atoms with Crippen molar-refractivity contribution in [1.29, 1.82) is 0 Å². The van der Waals surface area contributed by atoms with Crippen molar-refractivity contribution in [2.45, 2.75) is 52.0 Å². The molecule has 0 aromatic carbocycles. The van der Waals surface area contributed by atoms with E-state index in [1.165, 1.54) is 32.1 Å². The molecule has 0 unspecified atom stereocenters. The molecule has 0 radical (unpaired) electrons. The minimum Gasteiger partial charge on any atom is -0.362 e. The standard InChI is InChI=1S/C11H22N2S/c1-9(2)8-12-11(14)13-10-6-4-3-5-7-10/h9-10H,3-8H2,1-2H3,(H2,12,13,14). The van der Waals surface area contributed by atoms with Gasteiger partial charge >= 0.3 is 0 Å². The SMILES string of the molecule is CC(C)CNC(=S)NC1CCCCC1. The molecule has 0 atom stereocenters. The molecule has 0 bridgehead atoms. The summed E-state index contributed by atoms with van der Waals surface area (Å²) in [5.74, 6) is 0.654. The van der Waals surface area contributed by atoms with Crippen molar-refractivity contribution in [3.05, 3.63) is 0 Å². The van der Waals surface area contributed by atoms with Crippen molar-refractivity contribution in [2.24, 2.45) is 5.92 Å². The van der Waals surface area contributed by atoms with Crippen LogP contribution in [0.15, 0.2) is 0 Å². The molecule has 2 N–H and O–H groups in total. The van der Waals surface area contributed by atoms with Crippen LogP contribution in [-0.4, -0.2) is 17.7 Å². The zero-order valence-electron chi connectivity index (χ0n) is 9.31. The van der Waals surface area contributed by atoms with Crippen LogP contribution < -0.4 is 10.6 Å². The number of hydrogen-bond donors (Lipinski definition) is 2. The van der Waals surface area contributed by atoms with Crippen LogP contribution in [0.1, 0.15) is 46.0 Å². The van der Waals surface area contributed by atoms with Crippen molar-refractivity contribution >= 4 is 17.3 Å². The smallest absolute Gasteiger partial charge is 0.166 e. The van der Waals surface area contributed by atoms with Crippen LogP contribution in [0.2, 0.25) is 0 Å². The van der Waals surface area contributed by atoms with E-state index in [4.69, 9.17) is 12.2 Å². The van der Waals surface area contributed by atoms with E-state index in [1.54, 1.807) is 0 Å². The Bertz CT molecular complexity index is 174. The molecule has 1 aliphatic rings. The Labute approximate surface area is 92.8 Å². The van der Waals surface area contributed by atoms with Crippen molar-refractivity contribution in [3.8, 4) is 0 Å². The predicted octanol–water partition coefficient (Wildman–Crippen LogP) is 2.44. The molecular weight excluding hydrogens is 192 g/mol. The Morgan fingerprint density at radius 2 is 1.93 bits per heavy atom. The highest BCUT2D eigenvalue weighted by molar-refractivity contribution is 7.80. The Morgan fingerprint density at radius 3 is 2.50 bits per heavy atom. The van der Waals surface area contributed by atoms with Crippen molar-refractivity contribution < 1.29 is 0 Å². The van der Waals surface area contributed by atoms with Gasteiger partial charge in [0.25, 0.3) is 0 Å². The lowest BCUT2D eigenvalue weighted by Crippen LogP contribution is -2.43. The van der Waals surface area contributed by atoms with E-state index in [2.05, 4.69) is 24.5 Å². The maximum absolute atomic E-state index is 5.23. The van der Waals surface area contributed by atoms with Gasteiger partial charge in [-0.05, 0) is 31.0 Å². The maximum atomic E-state index is 5.23. The third-order valence-corrected chi connectivity index (χ3v) is 2.87. The molecule has 3 heteroatoms. The fourth-order valence-electron chi connectivity index (χ4n) is 1.78.